The van der Waals surface area contributed by atoms with Crippen molar-refractivity contribution in [3.05, 3.63) is 100 Å². The normalized spacial score (nSPS) is 12.6. The van der Waals surface area contributed by atoms with E-state index in [0.29, 0.717) is 23.6 Å². The number of hydrogen-bond acceptors (Lipinski definition) is 5. The van der Waals surface area contributed by atoms with Gasteiger partial charge in [-0.2, -0.15) is 0 Å². The number of amides is 2. The fraction of sp³-hybridized carbons (Fsp3) is 0.276. The molecule has 0 aliphatic heterocycles. The van der Waals surface area contributed by atoms with E-state index in [9.17, 15) is 9.59 Å². The number of aromatic nitrogens is 2. The van der Waals surface area contributed by atoms with Gasteiger partial charge in [-0.25, -0.2) is 9.78 Å². The van der Waals surface area contributed by atoms with E-state index in [1.165, 1.54) is 0 Å². The minimum atomic E-state index is -0.678. The van der Waals surface area contributed by atoms with Crippen LogP contribution in [0, 0.1) is 0 Å². The van der Waals surface area contributed by atoms with Crippen LogP contribution in [-0.2, 0) is 11.8 Å². The fourth-order valence-electron chi connectivity index (χ4n) is 4.49. The number of ether oxygens (including phenoxy) is 2. The second-order valence-corrected chi connectivity index (χ2v) is 8.67. The SMILES string of the molecule is CCOc1ccccc1NC(=O)N(C(C)c1nc2ccccc2n(C)c1=O)[C@H](COC)c1ccccc1. The van der Waals surface area contributed by atoms with E-state index >= 15 is 0 Å². The van der Waals surface area contributed by atoms with Crippen molar-refractivity contribution in [3.8, 4) is 5.75 Å². The Morgan fingerprint density at radius 1 is 1.03 bits per heavy atom. The van der Waals surface area contributed by atoms with Crippen LogP contribution in [0.1, 0.15) is 37.2 Å². The van der Waals surface area contributed by atoms with Crippen LogP contribution in [0.3, 0.4) is 0 Å². The Labute approximate surface area is 216 Å². The molecule has 0 bridgehead atoms. The second kappa shape index (κ2) is 11.7. The Balaban J connectivity index is 1.83. The number of nitrogens with zero attached hydrogens (tertiary/aromatic N) is 3. The number of fused-ring (bicyclic) bond motifs is 1. The van der Waals surface area contributed by atoms with Crippen LogP contribution in [-0.4, -0.2) is 40.8 Å². The molecule has 2 amide bonds. The van der Waals surface area contributed by atoms with Crippen LogP contribution in [0.2, 0.25) is 0 Å². The summed E-state index contributed by atoms with van der Waals surface area (Å²) in [7, 11) is 3.31. The van der Waals surface area contributed by atoms with Crippen molar-refractivity contribution < 1.29 is 14.3 Å². The van der Waals surface area contributed by atoms with Crippen LogP contribution < -0.4 is 15.6 Å². The van der Waals surface area contributed by atoms with Crippen molar-refractivity contribution in [2.45, 2.75) is 25.9 Å². The standard InChI is InChI=1S/C29H32N4O4/c1-5-37-26-18-12-10-16-23(26)31-29(35)33(25(19-36-4)21-13-7-6-8-14-21)20(2)27-28(34)32(3)24-17-11-9-15-22(24)30-27/h6-18,20,25H,5,19H2,1-4H3,(H,31,35)/t20?,25-/m1/s1. The zero-order valence-corrected chi connectivity index (χ0v) is 21.5. The molecular weight excluding hydrogens is 468 g/mol. The number of rotatable bonds is 9. The number of carbonyl (C=O) groups is 1. The average Bonchev–Trinajstić information content (AvgIpc) is 2.92. The van der Waals surface area contributed by atoms with E-state index in [4.69, 9.17) is 14.5 Å². The van der Waals surface area contributed by atoms with Gasteiger partial charge >= 0.3 is 6.03 Å². The van der Waals surface area contributed by atoms with Gasteiger partial charge < -0.3 is 24.3 Å². The van der Waals surface area contributed by atoms with Crippen molar-refractivity contribution >= 4 is 22.8 Å². The van der Waals surface area contributed by atoms with Crippen molar-refractivity contribution in [1.82, 2.24) is 14.5 Å². The van der Waals surface area contributed by atoms with E-state index in [1.54, 1.807) is 35.8 Å². The lowest BCUT2D eigenvalue weighted by molar-refractivity contribution is 0.0885. The van der Waals surface area contributed by atoms with Crippen molar-refractivity contribution in [1.29, 1.82) is 0 Å². The summed E-state index contributed by atoms with van der Waals surface area (Å²) in [6.45, 7) is 4.39. The van der Waals surface area contributed by atoms with E-state index in [1.807, 2.05) is 80.6 Å². The first-order chi connectivity index (χ1) is 18.0. The number of nitrogens with one attached hydrogen (secondary N) is 1. The van der Waals surface area contributed by atoms with Crippen LogP contribution in [0.5, 0.6) is 5.75 Å². The van der Waals surface area contributed by atoms with Gasteiger partial charge in [0.25, 0.3) is 5.56 Å². The molecule has 0 saturated heterocycles. The fourth-order valence-corrected chi connectivity index (χ4v) is 4.49. The number of para-hydroxylation sites is 4. The highest BCUT2D eigenvalue weighted by atomic mass is 16.5. The Bertz CT molecular complexity index is 1420. The number of aryl methyl sites for hydroxylation is 1. The first-order valence-corrected chi connectivity index (χ1v) is 12.3. The Kier molecular flexibility index (Phi) is 8.20. The summed E-state index contributed by atoms with van der Waals surface area (Å²) in [5.41, 5.74) is 2.82. The zero-order valence-electron chi connectivity index (χ0n) is 21.5. The van der Waals surface area contributed by atoms with Crippen molar-refractivity contribution in [3.63, 3.8) is 0 Å². The maximum absolute atomic E-state index is 14.0. The molecule has 0 radical (unpaired) electrons. The number of carbonyl (C=O) groups excluding carboxylic acids is 1. The summed E-state index contributed by atoms with van der Waals surface area (Å²) >= 11 is 0. The molecule has 0 saturated carbocycles. The molecule has 0 spiro atoms. The number of hydrogen-bond donors (Lipinski definition) is 1. The van der Waals surface area contributed by atoms with Crippen LogP contribution in [0.25, 0.3) is 11.0 Å². The van der Waals surface area contributed by atoms with Gasteiger partial charge in [0.15, 0.2) is 0 Å². The summed E-state index contributed by atoms with van der Waals surface area (Å²) < 4.78 is 12.8. The molecule has 1 unspecified atom stereocenters. The summed E-state index contributed by atoms with van der Waals surface area (Å²) in [6, 6.07) is 22.8. The molecule has 4 rings (SSSR count). The maximum Gasteiger partial charge on any atom is 0.323 e. The lowest BCUT2D eigenvalue weighted by Gasteiger charge is -2.36. The molecule has 1 heterocycles. The first-order valence-electron chi connectivity index (χ1n) is 12.3. The van der Waals surface area contributed by atoms with Crippen molar-refractivity contribution in [2.24, 2.45) is 7.05 Å². The minimum absolute atomic E-state index is 0.225. The molecule has 8 nitrogen and oxygen atoms in total. The quantitative estimate of drug-likeness (QED) is 0.336. The molecule has 2 atom stereocenters. The number of anilines is 1. The Hall–Kier alpha value is -4.17. The lowest BCUT2D eigenvalue weighted by Crippen LogP contribution is -2.44. The highest BCUT2D eigenvalue weighted by Gasteiger charge is 2.33. The van der Waals surface area contributed by atoms with Gasteiger partial charge in [0.05, 0.1) is 42.0 Å². The molecule has 0 aliphatic rings. The average molecular weight is 501 g/mol. The molecule has 1 N–H and O–H groups in total. The minimum Gasteiger partial charge on any atom is -0.492 e. The highest BCUT2D eigenvalue weighted by Crippen LogP contribution is 2.32. The number of urea groups is 1. The smallest absolute Gasteiger partial charge is 0.323 e. The van der Waals surface area contributed by atoms with Gasteiger partial charge in [-0.3, -0.25) is 4.79 Å². The van der Waals surface area contributed by atoms with E-state index in [2.05, 4.69) is 5.32 Å². The summed E-state index contributed by atoms with van der Waals surface area (Å²) in [5.74, 6) is 0.564. The summed E-state index contributed by atoms with van der Waals surface area (Å²) in [5, 5.41) is 3.00. The van der Waals surface area contributed by atoms with Crippen molar-refractivity contribution in [2.75, 3.05) is 25.6 Å². The molecule has 8 heteroatoms. The van der Waals surface area contributed by atoms with Gasteiger partial charge in [-0.1, -0.05) is 54.6 Å². The highest BCUT2D eigenvalue weighted by molar-refractivity contribution is 5.91. The third kappa shape index (κ3) is 5.49. The Morgan fingerprint density at radius 2 is 1.70 bits per heavy atom. The predicted octanol–water partition coefficient (Wildman–Crippen LogP) is 5.32. The predicted molar refractivity (Wildman–Crippen MR) is 145 cm³/mol. The third-order valence-electron chi connectivity index (χ3n) is 6.33. The largest absolute Gasteiger partial charge is 0.492 e. The van der Waals surface area contributed by atoms with Gasteiger partial charge in [0.1, 0.15) is 11.4 Å². The van der Waals surface area contributed by atoms with Gasteiger partial charge in [-0.15, -0.1) is 0 Å². The molecular formula is C29H32N4O4. The molecule has 0 aliphatic carbocycles. The van der Waals surface area contributed by atoms with E-state index in [0.717, 1.165) is 11.1 Å². The number of methoxy groups -OCH3 is 1. The van der Waals surface area contributed by atoms with E-state index in [-0.39, 0.29) is 17.9 Å². The molecule has 3 aromatic carbocycles. The Morgan fingerprint density at radius 3 is 2.43 bits per heavy atom. The van der Waals surface area contributed by atoms with Crippen LogP contribution in [0.15, 0.2) is 83.7 Å². The zero-order chi connectivity index (χ0) is 26.4. The van der Waals surface area contributed by atoms with Crippen LogP contribution in [0.4, 0.5) is 10.5 Å². The maximum atomic E-state index is 14.0. The molecule has 1 aromatic heterocycles. The third-order valence-corrected chi connectivity index (χ3v) is 6.33. The van der Waals surface area contributed by atoms with Gasteiger partial charge in [0, 0.05) is 14.2 Å². The summed E-state index contributed by atoms with van der Waals surface area (Å²) in [4.78, 5) is 33.8. The number of benzene rings is 3. The van der Waals surface area contributed by atoms with Gasteiger partial charge in [-0.05, 0) is 43.7 Å². The molecule has 0 fully saturated rings. The van der Waals surface area contributed by atoms with Crippen LogP contribution >= 0.6 is 0 Å². The second-order valence-electron chi connectivity index (χ2n) is 8.67. The summed E-state index contributed by atoms with van der Waals surface area (Å²) in [6.07, 6.45) is 0. The molecule has 192 valence electrons. The van der Waals surface area contributed by atoms with Gasteiger partial charge in [0.2, 0.25) is 0 Å². The lowest BCUT2D eigenvalue weighted by atomic mass is 10.0. The first kappa shape index (κ1) is 25.9. The molecule has 4 aromatic rings. The monoisotopic (exact) mass is 500 g/mol. The molecule has 37 heavy (non-hydrogen) atoms. The topological polar surface area (TPSA) is 85.7 Å². The van der Waals surface area contributed by atoms with E-state index < -0.39 is 18.1 Å².